The van der Waals surface area contributed by atoms with Crippen LogP contribution in [0.5, 0.6) is 0 Å². The third-order valence-electron chi connectivity index (χ3n) is 7.70. The molecule has 0 aromatic heterocycles. The highest BCUT2D eigenvalue weighted by molar-refractivity contribution is 5.82. The van der Waals surface area contributed by atoms with E-state index in [2.05, 4.69) is 16.7 Å². The van der Waals surface area contributed by atoms with Crippen LogP contribution in [0.2, 0.25) is 0 Å². The lowest BCUT2D eigenvalue weighted by Crippen LogP contribution is -2.44. The first kappa shape index (κ1) is 26.7. The van der Waals surface area contributed by atoms with Crippen molar-refractivity contribution in [3.8, 4) is 11.8 Å². The van der Waals surface area contributed by atoms with Crippen molar-refractivity contribution in [2.24, 2.45) is 5.92 Å². The van der Waals surface area contributed by atoms with Gasteiger partial charge in [0.15, 0.2) is 0 Å². The molecule has 4 rings (SSSR count). The second-order valence-electron chi connectivity index (χ2n) is 10.4. The van der Waals surface area contributed by atoms with Crippen LogP contribution in [0.25, 0.3) is 0 Å². The van der Waals surface area contributed by atoms with Crippen LogP contribution in [0.4, 0.5) is 0 Å². The summed E-state index contributed by atoms with van der Waals surface area (Å²) >= 11 is 0. The van der Waals surface area contributed by atoms with Crippen LogP contribution in [0, 0.1) is 17.8 Å². The molecular formula is C33H37NO3. The van der Waals surface area contributed by atoms with Crippen molar-refractivity contribution >= 4 is 5.97 Å². The zero-order valence-electron chi connectivity index (χ0n) is 22.1. The van der Waals surface area contributed by atoms with Gasteiger partial charge in [-0.2, -0.15) is 0 Å². The van der Waals surface area contributed by atoms with Gasteiger partial charge in [-0.05, 0) is 68.0 Å². The number of carbonyl (C=O) groups is 1. The maximum Gasteiger partial charge on any atom is 0.315 e. The molecule has 1 saturated heterocycles. The number of hydrogen-bond donors (Lipinski definition) is 1. The molecule has 0 atom stereocenters. The number of methoxy groups -OCH3 is 1. The normalized spacial score (nSPS) is 15.0. The quantitative estimate of drug-likeness (QED) is 0.356. The maximum atomic E-state index is 12.0. The number of rotatable bonds is 7. The predicted molar refractivity (Wildman–Crippen MR) is 148 cm³/mol. The highest BCUT2D eigenvalue weighted by atomic mass is 16.5. The smallest absolute Gasteiger partial charge is 0.315 e. The molecule has 0 amide bonds. The standard InChI is InChI=1S/C33H37NO3/c1-32(2,31(35)37-3)27-19-17-26(18-20-27)12-10-11-23-34-24-21-30(22-25-34)33(36,28-13-6-4-7-14-28)29-15-8-5-9-16-29/h4-9,13-20,30,36H,12,21-25H2,1-3H3. The second-order valence-corrected chi connectivity index (χ2v) is 10.4. The molecule has 0 spiro atoms. The lowest BCUT2D eigenvalue weighted by Gasteiger charge is -2.42. The van der Waals surface area contributed by atoms with Gasteiger partial charge in [-0.1, -0.05) is 96.8 Å². The van der Waals surface area contributed by atoms with Gasteiger partial charge in [0.1, 0.15) is 5.60 Å². The molecule has 4 nitrogen and oxygen atoms in total. The average Bonchev–Trinajstić information content (AvgIpc) is 2.96. The van der Waals surface area contributed by atoms with E-state index in [-0.39, 0.29) is 11.9 Å². The summed E-state index contributed by atoms with van der Waals surface area (Å²) in [7, 11) is 1.42. The topological polar surface area (TPSA) is 49.8 Å². The molecule has 0 saturated carbocycles. The molecule has 0 radical (unpaired) electrons. The summed E-state index contributed by atoms with van der Waals surface area (Å²) in [5.74, 6) is 6.54. The number of ether oxygens (including phenoxy) is 1. The molecule has 1 fully saturated rings. The third-order valence-corrected chi connectivity index (χ3v) is 7.70. The van der Waals surface area contributed by atoms with Crippen molar-refractivity contribution < 1.29 is 14.6 Å². The Morgan fingerprint density at radius 1 is 0.865 bits per heavy atom. The van der Waals surface area contributed by atoms with E-state index < -0.39 is 11.0 Å². The molecule has 3 aromatic rings. The van der Waals surface area contributed by atoms with Crippen LogP contribution in [0.3, 0.4) is 0 Å². The summed E-state index contributed by atoms with van der Waals surface area (Å²) in [6, 6.07) is 28.2. The molecule has 37 heavy (non-hydrogen) atoms. The Morgan fingerprint density at radius 2 is 1.41 bits per heavy atom. The van der Waals surface area contributed by atoms with Gasteiger partial charge in [0, 0.05) is 6.42 Å². The third kappa shape index (κ3) is 5.96. The van der Waals surface area contributed by atoms with Crippen molar-refractivity contribution in [3.63, 3.8) is 0 Å². The van der Waals surface area contributed by atoms with Gasteiger partial charge in [-0.3, -0.25) is 9.69 Å². The maximum absolute atomic E-state index is 12.0. The Hall–Kier alpha value is -3.39. The molecule has 3 aromatic carbocycles. The van der Waals surface area contributed by atoms with Crippen LogP contribution in [0.1, 0.15) is 48.9 Å². The summed E-state index contributed by atoms with van der Waals surface area (Å²) in [5.41, 5.74) is 2.32. The highest BCUT2D eigenvalue weighted by Gasteiger charge is 2.41. The number of nitrogens with zero attached hydrogens (tertiary/aromatic N) is 1. The number of benzene rings is 3. The van der Waals surface area contributed by atoms with Crippen LogP contribution < -0.4 is 0 Å². The Labute approximate surface area is 221 Å². The molecule has 192 valence electrons. The second kappa shape index (κ2) is 11.8. The molecular weight excluding hydrogens is 458 g/mol. The van der Waals surface area contributed by atoms with E-state index in [0.717, 1.165) is 54.7 Å². The monoisotopic (exact) mass is 495 g/mol. The zero-order chi connectivity index (χ0) is 26.3. The number of hydrogen-bond acceptors (Lipinski definition) is 4. The summed E-state index contributed by atoms with van der Waals surface area (Å²) in [6.45, 7) is 6.31. The van der Waals surface area contributed by atoms with Gasteiger partial charge in [0.05, 0.1) is 19.1 Å². The molecule has 1 aliphatic heterocycles. The summed E-state index contributed by atoms with van der Waals surface area (Å²) in [5, 5.41) is 12.0. The fourth-order valence-corrected chi connectivity index (χ4v) is 5.28. The first-order valence-corrected chi connectivity index (χ1v) is 13.0. The van der Waals surface area contributed by atoms with E-state index in [9.17, 15) is 9.90 Å². The summed E-state index contributed by atoms with van der Waals surface area (Å²) in [6.07, 6.45) is 2.51. The lowest BCUT2D eigenvalue weighted by molar-refractivity contribution is -0.146. The lowest BCUT2D eigenvalue weighted by atomic mass is 9.72. The van der Waals surface area contributed by atoms with Gasteiger partial charge < -0.3 is 9.84 Å². The fraction of sp³-hybridized carbons (Fsp3) is 0.364. The number of carbonyl (C=O) groups excluding carboxylic acids is 1. The fourth-order valence-electron chi connectivity index (χ4n) is 5.28. The van der Waals surface area contributed by atoms with Gasteiger partial charge in [0.25, 0.3) is 0 Å². The zero-order valence-corrected chi connectivity index (χ0v) is 22.1. The van der Waals surface area contributed by atoms with E-state index in [1.54, 1.807) is 0 Å². The largest absolute Gasteiger partial charge is 0.468 e. The predicted octanol–water partition coefficient (Wildman–Crippen LogP) is 5.33. The van der Waals surface area contributed by atoms with Crippen molar-refractivity contribution in [2.45, 2.75) is 44.1 Å². The van der Waals surface area contributed by atoms with Gasteiger partial charge in [-0.15, -0.1) is 0 Å². The van der Waals surface area contributed by atoms with Crippen molar-refractivity contribution in [1.82, 2.24) is 4.90 Å². The average molecular weight is 496 g/mol. The minimum Gasteiger partial charge on any atom is -0.468 e. The van der Waals surface area contributed by atoms with E-state index in [1.807, 2.05) is 98.8 Å². The van der Waals surface area contributed by atoms with E-state index in [1.165, 1.54) is 7.11 Å². The highest BCUT2D eigenvalue weighted by Crippen LogP contribution is 2.41. The van der Waals surface area contributed by atoms with Crippen LogP contribution in [-0.4, -0.2) is 42.7 Å². The SMILES string of the molecule is COC(=O)C(C)(C)c1ccc(CC#CCN2CCC(C(O)(c3ccccc3)c3ccccc3)CC2)cc1. The van der Waals surface area contributed by atoms with Crippen molar-refractivity contribution in [3.05, 3.63) is 107 Å². The van der Waals surface area contributed by atoms with Crippen molar-refractivity contribution in [1.29, 1.82) is 0 Å². The molecule has 0 bridgehead atoms. The minimum atomic E-state index is -0.991. The summed E-state index contributed by atoms with van der Waals surface area (Å²) in [4.78, 5) is 14.4. The van der Waals surface area contributed by atoms with Crippen LogP contribution in [0.15, 0.2) is 84.9 Å². The van der Waals surface area contributed by atoms with Crippen molar-refractivity contribution in [2.75, 3.05) is 26.7 Å². The minimum absolute atomic E-state index is 0.147. The Balaban J connectivity index is 1.34. The first-order valence-electron chi connectivity index (χ1n) is 13.0. The van der Waals surface area contributed by atoms with Gasteiger partial charge in [0.2, 0.25) is 0 Å². The number of piperidine rings is 1. The number of likely N-dealkylation sites (tertiary alicyclic amines) is 1. The molecule has 1 aliphatic rings. The Kier molecular flexibility index (Phi) is 8.48. The van der Waals surface area contributed by atoms with Crippen LogP contribution in [-0.2, 0) is 27.0 Å². The van der Waals surface area contributed by atoms with E-state index in [4.69, 9.17) is 4.74 Å². The number of aliphatic hydroxyl groups is 1. The van der Waals surface area contributed by atoms with Gasteiger partial charge in [-0.25, -0.2) is 0 Å². The molecule has 0 aliphatic carbocycles. The molecule has 4 heteroatoms. The van der Waals surface area contributed by atoms with E-state index in [0.29, 0.717) is 6.42 Å². The number of esters is 1. The van der Waals surface area contributed by atoms with Gasteiger partial charge >= 0.3 is 5.97 Å². The van der Waals surface area contributed by atoms with Crippen LogP contribution >= 0.6 is 0 Å². The molecule has 0 unspecified atom stereocenters. The molecule has 1 N–H and O–H groups in total. The summed E-state index contributed by atoms with van der Waals surface area (Å²) < 4.78 is 4.93. The molecule has 1 heterocycles. The Morgan fingerprint density at radius 3 is 1.92 bits per heavy atom. The van der Waals surface area contributed by atoms with E-state index >= 15 is 0 Å². The first-order chi connectivity index (χ1) is 17.9. The Bertz CT molecular complexity index is 1180.